The summed E-state index contributed by atoms with van der Waals surface area (Å²) >= 11 is 0. The van der Waals surface area contributed by atoms with Crippen molar-refractivity contribution in [3.8, 4) is 28.2 Å². The summed E-state index contributed by atoms with van der Waals surface area (Å²) in [4.78, 5) is 14.1. The summed E-state index contributed by atoms with van der Waals surface area (Å²) in [6, 6.07) is 40.3. The minimum Gasteiger partial charge on any atom is -0.309 e. The molecule has 47 heavy (non-hydrogen) atoms. The third-order valence-corrected chi connectivity index (χ3v) is 11.7. The van der Waals surface area contributed by atoms with Gasteiger partial charge in [-0.15, -0.1) is 0 Å². The molecule has 11 rings (SSSR count). The van der Waals surface area contributed by atoms with E-state index in [1.54, 1.807) is 0 Å². The van der Waals surface area contributed by atoms with Gasteiger partial charge in [0.25, 0.3) is 0 Å². The fourth-order valence-electron chi connectivity index (χ4n) is 10.3. The molecule has 4 aliphatic carbocycles. The van der Waals surface area contributed by atoms with E-state index < -0.39 is 0 Å². The van der Waals surface area contributed by atoms with Crippen LogP contribution in [0.4, 0.5) is 0 Å². The summed E-state index contributed by atoms with van der Waals surface area (Å²) in [5, 5.41) is 2.71. The molecule has 4 saturated carbocycles. The van der Waals surface area contributed by atoms with Gasteiger partial charge in [0, 0.05) is 52.4 Å². The molecule has 0 amide bonds. The zero-order valence-electron chi connectivity index (χ0n) is 26.4. The second-order valence-electron chi connectivity index (χ2n) is 14.6. The minimum absolute atomic E-state index is 0.133. The molecule has 4 heteroatoms. The highest BCUT2D eigenvalue weighted by atomic mass is 15.0. The average Bonchev–Trinajstić information content (AvgIpc) is 3.46. The van der Waals surface area contributed by atoms with Crippen molar-refractivity contribution in [1.82, 2.24) is 19.5 Å². The maximum atomic E-state index is 5.18. The zero-order valence-corrected chi connectivity index (χ0v) is 26.4. The summed E-state index contributed by atoms with van der Waals surface area (Å²) in [5.41, 5.74) is 11.2. The van der Waals surface area contributed by atoms with Crippen molar-refractivity contribution in [2.45, 2.75) is 49.4 Å². The largest absolute Gasteiger partial charge is 0.309 e. The lowest BCUT2D eigenvalue weighted by Crippen LogP contribution is -2.56. The van der Waals surface area contributed by atoms with Crippen LogP contribution in [0.25, 0.3) is 50.0 Å². The number of rotatable bonds is 5. The first-order chi connectivity index (χ1) is 23.2. The first-order valence-corrected chi connectivity index (χ1v) is 17.1. The number of pyridine rings is 3. The smallest absolute Gasteiger partial charge is 0.0727 e. The van der Waals surface area contributed by atoms with Gasteiger partial charge in [0.15, 0.2) is 0 Å². The molecule has 4 aliphatic rings. The van der Waals surface area contributed by atoms with Crippen molar-refractivity contribution in [1.29, 1.82) is 0 Å². The second-order valence-corrected chi connectivity index (χ2v) is 14.6. The average molecular weight is 609 g/mol. The number of hydrogen-bond acceptors (Lipinski definition) is 3. The van der Waals surface area contributed by atoms with E-state index in [1.807, 2.05) is 36.9 Å². The van der Waals surface area contributed by atoms with Gasteiger partial charge < -0.3 is 4.57 Å². The van der Waals surface area contributed by atoms with Crippen molar-refractivity contribution in [3.63, 3.8) is 0 Å². The molecule has 4 aromatic heterocycles. The maximum absolute atomic E-state index is 5.18. The Kier molecular flexibility index (Phi) is 5.88. The Labute approximate surface area is 275 Å². The van der Waals surface area contributed by atoms with Crippen LogP contribution in [-0.4, -0.2) is 19.5 Å². The molecular formula is C43H36N4. The lowest BCUT2D eigenvalue weighted by molar-refractivity contribution is -0.0280. The number of fused-ring (bicyclic) bond motifs is 3. The van der Waals surface area contributed by atoms with E-state index in [-0.39, 0.29) is 10.8 Å². The van der Waals surface area contributed by atoms with Crippen LogP contribution in [0, 0.1) is 11.8 Å². The first kappa shape index (κ1) is 27.1. The summed E-state index contributed by atoms with van der Waals surface area (Å²) in [7, 11) is 0. The maximum Gasteiger partial charge on any atom is 0.0727 e. The van der Waals surface area contributed by atoms with Crippen LogP contribution in [0.1, 0.15) is 49.7 Å². The van der Waals surface area contributed by atoms with Crippen molar-refractivity contribution < 1.29 is 0 Å². The van der Waals surface area contributed by atoms with Crippen molar-refractivity contribution in [2.75, 3.05) is 0 Å². The van der Waals surface area contributed by atoms with Gasteiger partial charge in [0.1, 0.15) is 0 Å². The lowest BCUT2D eigenvalue weighted by atomic mass is 9.41. The van der Waals surface area contributed by atoms with E-state index >= 15 is 0 Å². The molecule has 4 bridgehead atoms. The van der Waals surface area contributed by atoms with Gasteiger partial charge in [-0.05, 0) is 139 Å². The zero-order chi connectivity index (χ0) is 31.0. The molecule has 228 valence electrons. The van der Waals surface area contributed by atoms with E-state index in [2.05, 4.69) is 112 Å². The number of para-hydroxylation sites is 2. The molecule has 3 aromatic carbocycles. The van der Waals surface area contributed by atoms with Crippen LogP contribution < -0.4 is 0 Å². The molecule has 0 radical (unpaired) electrons. The van der Waals surface area contributed by atoms with E-state index in [0.29, 0.717) is 0 Å². The standard InChI is InChI=1S/C43H36N4/c1-2-10-35(11-3-1)47-40-13-5-4-12-36(40)37-19-33(14-15-41(37)47)42-22-29-18-30(23-42)25-43(24-29,28-42)34-20-38(31-8-6-16-44-26-31)46-39(21-34)32-9-7-17-45-27-32/h1-17,19-21,26-27,29-30H,18,22-25,28H2. The summed E-state index contributed by atoms with van der Waals surface area (Å²) in [6.45, 7) is 0. The number of aromatic nitrogens is 4. The van der Waals surface area contributed by atoms with Gasteiger partial charge in [-0.25, -0.2) is 4.98 Å². The van der Waals surface area contributed by atoms with Crippen LogP contribution in [-0.2, 0) is 10.8 Å². The Hall–Kier alpha value is -5.09. The van der Waals surface area contributed by atoms with Crippen LogP contribution in [0.15, 0.2) is 134 Å². The van der Waals surface area contributed by atoms with Gasteiger partial charge in [0.05, 0.1) is 22.4 Å². The molecule has 0 aliphatic heterocycles. The van der Waals surface area contributed by atoms with Crippen LogP contribution in [0.3, 0.4) is 0 Å². The Bertz CT molecular complexity index is 2200. The highest BCUT2D eigenvalue weighted by Gasteiger charge is 2.58. The van der Waals surface area contributed by atoms with Crippen LogP contribution in [0.5, 0.6) is 0 Å². The van der Waals surface area contributed by atoms with Crippen LogP contribution >= 0.6 is 0 Å². The molecule has 2 unspecified atom stereocenters. The van der Waals surface area contributed by atoms with Gasteiger partial charge in [-0.1, -0.05) is 42.5 Å². The monoisotopic (exact) mass is 608 g/mol. The lowest BCUT2D eigenvalue weighted by Gasteiger charge is -2.63. The fraction of sp³-hybridized carbons (Fsp3) is 0.233. The van der Waals surface area contributed by atoms with Crippen LogP contribution in [0.2, 0.25) is 0 Å². The predicted molar refractivity (Wildman–Crippen MR) is 190 cm³/mol. The highest BCUT2D eigenvalue weighted by molar-refractivity contribution is 6.09. The second kappa shape index (κ2) is 10.2. The Morgan fingerprint density at radius 1 is 0.553 bits per heavy atom. The van der Waals surface area contributed by atoms with Gasteiger partial charge in [0.2, 0.25) is 0 Å². The SMILES string of the molecule is c1ccc(-n2c3ccccc3c3cc(C45CC6CC(CC(c7cc(-c8cccnc8)nc(-c8cccnc8)c7)(C6)C4)C5)ccc32)cc1. The van der Waals surface area contributed by atoms with E-state index in [1.165, 1.54) is 77.1 Å². The molecule has 4 nitrogen and oxygen atoms in total. The third-order valence-electron chi connectivity index (χ3n) is 11.7. The van der Waals surface area contributed by atoms with Gasteiger partial charge in [-0.2, -0.15) is 0 Å². The van der Waals surface area contributed by atoms with E-state index in [9.17, 15) is 0 Å². The van der Waals surface area contributed by atoms with E-state index in [4.69, 9.17) is 4.98 Å². The highest BCUT2D eigenvalue weighted by Crippen LogP contribution is 2.66. The Balaban J connectivity index is 1.13. The molecule has 4 heterocycles. The van der Waals surface area contributed by atoms with E-state index in [0.717, 1.165) is 34.4 Å². The van der Waals surface area contributed by atoms with Crippen molar-refractivity contribution in [2.24, 2.45) is 11.8 Å². The third kappa shape index (κ3) is 4.24. The number of benzene rings is 3. The molecular weight excluding hydrogens is 573 g/mol. The molecule has 0 N–H and O–H groups in total. The summed E-state index contributed by atoms with van der Waals surface area (Å²) < 4.78 is 2.44. The quantitative estimate of drug-likeness (QED) is 0.195. The molecule has 2 atom stereocenters. The first-order valence-electron chi connectivity index (χ1n) is 17.1. The van der Waals surface area contributed by atoms with Gasteiger partial charge in [-0.3, -0.25) is 9.97 Å². The van der Waals surface area contributed by atoms with Crippen molar-refractivity contribution in [3.05, 3.63) is 145 Å². The normalized spacial score (nSPS) is 24.7. The number of nitrogens with zero attached hydrogens (tertiary/aromatic N) is 4. The van der Waals surface area contributed by atoms with Crippen molar-refractivity contribution >= 4 is 21.8 Å². The summed E-state index contributed by atoms with van der Waals surface area (Å²) in [5.74, 6) is 1.49. The summed E-state index contributed by atoms with van der Waals surface area (Å²) in [6.07, 6.45) is 15.3. The molecule has 0 spiro atoms. The minimum atomic E-state index is 0.133. The predicted octanol–water partition coefficient (Wildman–Crippen LogP) is 10.1. The topological polar surface area (TPSA) is 43.6 Å². The van der Waals surface area contributed by atoms with Gasteiger partial charge >= 0.3 is 0 Å². The molecule has 7 aromatic rings. The Morgan fingerprint density at radius 3 is 1.83 bits per heavy atom. The fourth-order valence-corrected chi connectivity index (χ4v) is 10.3. The molecule has 4 fully saturated rings. The Morgan fingerprint density at radius 2 is 1.17 bits per heavy atom. The molecule has 0 saturated heterocycles. The number of hydrogen-bond donors (Lipinski definition) is 0.